The summed E-state index contributed by atoms with van der Waals surface area (Å²) in [5.41, 5.74) is 1.10. The maximum Gasteiger partial charge on any atom is 0.270 e. The Morgan fingerprint density at radius 3 is 2.38 bits per heavy atom. The Morgan fingerprint density at radius 2 is 1.75 bits per heavy atom. The molecule has 6 heteroatoms. The Balaban J connectivity index is 1.87. The van der Waals surface area contributed by atoms with Crippen molar-refractivity contribution in [2.45, 2.75) is 58.0 Å². The van der Waals surface area contributed by atoms with Gasteiger partial charge in [-0.3, -0.25) is 9.59 Å². The van der Waals surface area contributed by atoms with E-state index in [1.54, 1.807) is 24.3 Å². The topological polar surface area (TPSA) is 53.0 Å². The molecule has 5 nitrogen and oxygen atoms in total. The summed E-state index contributed by atoms with van der Waals surface area (Å²) in [6, 6.07) is 7.33. The fraction of sp³-hybridized carbons (Fsp3) is 0.500. The van der Waals surface area contributed by atoms with Crippen LogP contribution in [0.25, 0.3) is 0 Å². The molecule has 2 heterocycles. The fourth-order valence-electron chi connectivity index (χ4n) is 3.46. The van der Waals surface area contributed by atoms with Crippen molar-refractivity contribution in [3.05, 3.63) is 29.3 Å². The number of piperidine rings is 1. The summed E-state index contributed by atoms with van der Waals surface area (Å²) in [7, 11) is 0. The number of halogens is 1. The van der Waals surface area contributed by atoms with Crippen molar-refractivity contribution in [2.24, 2.45) is 5.10 Å². The first-order chi connectivity index (χ1) is 11.5. The summed E-state index contributed by atoms with van der Waals surface area (Å²) in [6.07, 6.45) is 3.88. The van der Waals surface area contributed by atoms with Crippen LogP contribution in [0.3, 0.4) is 0 Å². The van der Waals surface area contributed by atoms with Gasteiger partial charge < -0.3 is 4.90 Å². The second-order valence-corrected chi connectivity index (χ2v) is 7.01. The van der Waals surface area contributed by atoms with Gasteiger partial charge in [-0.25, -0.2) is 5.01 Å². The maximum atomic E-state index is 12.9. The van der Waals surface area contributed by atoms with E-state index in [4.69, 9.17) is 11.6 Å². The number of hydrazone groups is 1. The first-order valence-electron chi connectivity index (χ1n) is 8.46. The molecule has 24 heavy (non-hydrogen) atoms. The molecule has 2 atom stereocenters. The van der Waals surface area contributed by atoms with Crippen molar-refractivity contribution in [1.82, 2.24) is 4.90 Å². The van der Waals surface area contributed by atoms with E-state index in [1.165, 1.54) is 5.01 Å². The number of anilines is 1. The summed E-state index contributed by atoms with van der Waals surface area (Å²) in [6.45, 7) is 4.16. The van der Waals surface area contributed by atoms with Crippen LogP contribution >= 0.6 is 11.6 Å². The number of benzene rings is 1. The van der Waals surface area contributed by atoms with Gasteiger partial charge in [0, 0.05) is 29.9 Å². The molecule has 0 aromatic heterocycles. The lowest BCUT2D eigenvalue weighted by Gasteiger charge is -2.39. The van der Waals surface area contributed by atoms with Gasteiger partial charge in [0.2, 0.25) is 5.91 Å². The quantitative estimate of drug-likeness (QED) is 0.820. The van der Waals surface area contributed by atoms with Crippen molar-refractivity contribution in [2.75, 3.05) is 5.01 Å². The Kier molecular flexibility index (Phi) is 4.90. The van der Waals surface area contributed by atoms with E-state index in [2.05, 4.69) is 18.9 Å². The molecule has 0 aliphatic carbocycles. The first kappa shape index (κ1) is 17.0. The number of amides is 2. The Morgan fingerprint density at radius 1 is 1.12 bits per heavy atom. The number of carbonyl (C=O) groups excluding carboxylic acids is 2. The standard InChI is InChI=1S/C18H22ClN3O2/c1-12-4-3-5-13(2)21(12)18(24)16-10-11-17(23)22(20-16)15-8-6-14(19)7-9-15/h6-9,12-13H,3-5,10-11H2,1-2H3/t12-,13-/m1/s1. The van der Waals surface area contributed by atoms with Gasteiger partial charge in [0.15, 0.2) is 0 Å². The van der Waals surface area contributed by atoms with E-state index in [9.17, 15) is 9.59 Å². The van der Waals surface area contributed by atoms with Crippen molar-refractivity contribution in [3.8, 4) is 0 Å². The Bertz CT molecular complexity index is 661. The van der Waals surface area contributed by atoms with Crippen LogP contribution in [0.2, 0.25) is 5.02 Å². The van der Waals surface area contributed by atoms with Gasteiger partial charge in [0.1, 0.15) is 5.71 Å². The zero-order valence-corrected chi connectivity index (χ0v) is 14.8. The second kappa shape index (κ2) is 6.93. The highest BCUT2D eigenvalue weighted by molar-refractivity contribution is 6.40. The van der Waals surface area contributed by atoms with E-state index in [-0.39, 0.29) is 23.9 Å². The van der Waals surface area contributed by atoms with Gasteiger partial charge in [-0.2, -0.15) is 5.10 Å². The molecule has 2 aliphatic heterocycles. The molecule has 0 radical (unpaired) electrons. The second-order valence-electron chi connectivity index (χ2n) is 6.57. The van der Waals surface area contributed by atoms with Gasteiger partial charge >= 0.3 is 0 Å². The van der Waals surface area contributed by atoms with Crippen LogP contribution in [0.15, 0.2) is 29.4 Å². The molecule has 1 fully saturated rings. The number of hydrogen-bond acceptors (Lipinski definition) is 3. The first-order valence-corrected chi connectivity index (χ1v) is 8.84. The van der Waals surface area contributed by atoms with E-state index >= 15 is 0 Å². The monoisotopic (exact) mass is 347 g/mol. The predicted molar refractivity (Wildman–Crippen MR) is 95.2 cm³/mol. The van der Waals surface area contributed by atoms with Crippen LogP contribution in [0.1, 0.15) is 46.0 Å². The maximum absolute atomic E-state index is 12.9. The third kappa shape index (κ3) is 3.31. The van der Waals surface area contributed by atoms with E-state index in [1.807, 2.05) is 4.90 Å². The minimum atomic E-state index is -0.103. The molecular weight excluding hydrogens is 326 g/mol. The molecule has 1 aromatic carbocycles. The van der Waals surface area contributed by atoms with Crippen molar-refractivity contribution < 1.29 is 9.59 Å². The Labute approximate surface area is 147 Å². The van der Waals surface area contributed by atoms with Gasteiger partial charge in [-0.1, -0.05) is 11.6 Å². The van der Waals surface area contributed by atoms with Gasteiger partial charge in [-0.15, -0.1) is 0 Å². The SMILES string of the molecule is C[C@@H]1CCC[C@@H](C)N1C(=O)C1=NN(c2ccc(Cl)cc2)C(=O)CC1. The van der Waals surface area contributed by atoms with Crippen molar-refractivity contribution in [3.63, 3.8) is 0 Å². The normalized spacial score (nSPS) is 24.8. The molecule has 128 valence electrons. The third-order valence-corrected chi connectivity index (χ3v) is 5.03. The van der Waals surface area contributed by atoms with Crippen LogP contribution in [0.5, 0.6) is 0 Å². The van der Waals surface area contributed by atoms with Gasteiger partial charge in [0.25, 0.3) is 5.91 Å². The van der Waals surface area contributed by atoms with Crippen molar-refractivity contribution in [1.29, 1.82) is 0 Å². The molecule has 2 aliphatic rings. The smallest absolute Gasteiger partial charge is 0.270 e. The lowest BCUT2D eigenvalue weighted by Crippen LogP contribution is -2.51. The number of hydrogen-bond donors (Lipinski definition) is 0. The predicted octanol–water partition coefficient (Wildman–Crippen LogP) is 3.61. The number of nitrogens with zero attached hydrogens (tertiary/aromatic N) is 3. The van der Waals surface area contributed by atoms with Crippen LogP contribution in [-0.2, 0) is 9.59 Å². The number of rotatable bonds is 2. The molecule has 0 bridgehead atoms. The van der Waals surface area contributed by atoms with E-state index < -0.39 is 0 Å². The average Bonchev–Trinajstić information content (AvgIpc) is 2.56. The zero-order chi connectivity index (χ0) is 17.3. The molecular formula is C18H22ClN3O2. The largest absolute Gasteiger partial charge is 0.332 e. The van der Waals surface area contributed by atoms with Crippen LogP contribution in [-0.4, -0.2) is 34.5 Å². The minimum absolute atomic E-state index is 0.0406. The average molecular weight is 348 g/mol. The highest BCUT2D eigenvalue weighted by Crippen LogP contribution is 2.26. The molecule has 2 amide bonds. The van der Waals surface area contributed by atoms with Crippen LogP contribution < -0.4 is 5.01 Å². The summed E-state index contributed by atoms with van der Waals surface area (Å²) in [5.74, 6) is -0.144. The highest BCUT2D eigenvalue weighted by atomic mass is 35.5. The molecule has 0 unspecified atom stereocenters. The molecule has 3 rings (SSSR count). The van der Waals surface area contributed by atoms with Crippen molar-refractivity contribution >= 4 is 34.8 Å². The van der Waals surface area contributed by atoms with E-state index in [0.29, 0.717) is 29.3 Å². The fourth-order valence-corrected chi connectivity index (χ4v) is 3.59. The van der Waals surface area contributed by atoms with Crippen LogP contribution in [0, 0.1) is 0 Å². The highest BCUT2D eigenvalue weighted by Gasteiger charge is 2.34. The third-order valence-electron chi connectivity index (χ3n) is 4.78. The molecule has 0 spiro atoms. The molecule has 0 saturated carbocycles. The number of likely N-dealkylation sites (tertiary alicyclic amines) is 1. The summed E-state index contributed by atoms with van der Waals surface area (Å²) in [5, 5.41) is 6.30. The molecule has 1 saturated heterocycles. The minimum Gasteiger partial charge on any atom is -0.332 e. The molecule has 0 N–H and O–H groups in total. The van der Waals surface area contributed by atoms with Gasteiger partial charge in [0.05, 0.1) is 5.69 Å². The van der Waals surface area contributed by atoms with E-state index in [0.717, 1.165) is 19.3 Å². The van der Waals surface area contributed by atoms with Gasteiger partial charge in [-0.05, 0) is 57.4 Å². The number of carbonyl (C=O) groups is 2. The lowest BCUT2D eigenvalue weighted by molar-refractivity contribution is -0.130. The van der Waals surface area contributed by atoms with Crippen LogP contribution in [0.4, 0.5) is 5.69 Å². The Hall–Kier alpha value is -1.88. The lowest BCUT2D eigenvalue weighted by atomic mass is 9.96. The molecule has 1 aromatic rings. The zero-order valence-electron chi connectivity index (χ0n) is 14.0. The summed E-state index contributed by atoms with van der Waals surface area (Å²) < 4.78 is 0. The summed E-state index contributed by atoms with van der Waals surface area (Å²) in [4.78, 5) is 27.1. The summed E-state index contributed by atoms with van der Waals surface area (Å²) >= 11 is 5.90.